The minimum absolute atomic E-state index is 0.0124. The molecule has 0 bridgehead atoms. The quantitative estimate of drug-likeness (QED) is 0.160. The number of para-hydroxylation sites is 2. The molecule has 4 aliphatic heterocycles. The Hall–Kier alpha value is -6.92. The van der Waals surface area contributed by atoms with Gasteiger partial charge in [0.1, 0.15) is 0 Å². The summed E-state index contributed by atoms with van der Waals surface area (Å²) in [5, 5.41) is 9.84. The van der Waals surface area contributed by atoms with E-state index in [-0.39, 0.29) is 12.3 Å². The van der Waals surface area contributed by atoms with E-state index in [0.717, 1.165) is 0 Å². The number of fused-ring (bicyclic) bond motifs is 17. The maximum absolute atomic E-state index is 2.80. The zero-order chi connectivity index (χ0) is 41.8. The van der Waals surface area contributed by atoms with Crippen molar-refractivity contribution in [2.75, 3.05) is 9.71 Å². The summed E-state index contributed by atoms with van der Waals surface area (Å²) in [6.07, 6.45) is 0. The molecule has 0 N–H and O–H groups in total. The molecule has 0 saturated heterocycles. The van der Waals surface area contributed by atoms with E-state index in [1.165, 1.54) is 119 Å². The Morgan fingerprint density at radius 3 is 1.89 bits per heavy atom. The van der Waals surface area contributed by atoms with E-state index in [1.54, 1.807) is 0 Å². The molecule has 14 rings (SSSR count). The van der Waals surface area contributed by atoms with Gasteiger partial charge in [0.25, 0.3) is 0 Å². The molecule has 0 atom stereocenters. The average Bonchev–Trinajstić information content (AvgIpc) is 3.85. The highest BCUT2D eigenvalue weighted by atomic mass is 32.1. The summed E-state index contributed by atoms with van der Waals surface area (Å²) in [4.78, 5) is 5.46. The minimum atomic E-state index is -2.79. The normalized spacial score (nSPS) is 14.6. The van der Waals surface area contributed by atoms with Crippen molar-refractivity contribution in [2.45, 2.75) is 26.2 Å². The van der Waals surface area contributed by atoms with Crippen LogP contribution in [0.2, 0.25) is 0 Å². The lowest BCUT2D eigenvalue weighted by atomic mass is 9.46. The Balaban J connectivity index is 1.16. The monoisotopic (exact) mass is 836 g/mol. The van der Waals surface area contributed by atoms with E-state index in [0.29, 0.717) is 0 Å². The maximum Gasteiger partial charge on any atom is 0.343 e. The third-order valence-corrected chi connectivity index (χ3v) is 20.7. The zero-order valence-corrected chi connectivity index (χ0v) is 37.2. The van der Waals surface area contributed by atoms with Crippen LogP contribution in [0.3, 0.4) is 0 Å². The van der Waals surface area contributed by atoms with Gasteiger partial charge in [-0.05, 0) is 101 Å². The molecule has 2 nitrogen and oxygen atoms in total. The van der Waals surface area contributed by atoms with Gasteiger partial charge < -0.3 is 9.71 Å². The molecule has 5 heteroatoms. The number of hydrogen-bond donors (Lipinski definition) is 0. The van der Waals surface area contributed by atoms with Gasteiger partial charge >= 0.3 is 6.85 Å². The summed E-state index contributed by atoms with van der Waals surface area (Å²) in [5.74, 6) is 0. The summed E-state index contributed by atoms with van der Waals surface area (Å²) < 4.78 is 2.70. The number of anilines is 5. The Morgan fingerprint density at radius 2 is 1.11 bits per heavy atom. The summed E-state index contributed by atoms with van der Waals surface area (Å²) >= 11 is 1.98. The van der Waals surface area contributed by atoms with Crippen LogP contribution in [-0.4, -0.2) is 14.9 Å². The van der Waals surface area contributed by atoms with E-state index in [1.807, 2.05) is 11.3 Å². The lowest BCUT2D eigenvalue weighted by Crippen LogP contribution is -2.78. The van der Waals surface area contributed by atoms with Gasteiger partial charge in [0.05, 0.1) is 11.4 Å². The molecular weight excluding hydrogens is 796 g/mol. The molecule has 296 valence electrons. The van der Waals surface area contributed by atoms with Gasteiger partial charge in [-0.15, -0.1) is 11.3 Å². The standard InChI is InChI=1S/C58H41BN2SSi/c1-58(2,3)38-32-33-45(44(35-38)36-18-5-4-6-19-36)60-47-34-37-20-7-8-21-39(37)53-43-25-17-31-52-55(43)61(59(54(47)53)57-56(60)42-24-9-13-27-48(42)62-57)46-26-12-16-30-51(46)63(52)49-28-14-10-22-40(49)41-23-11-15-29-50(41)63/h4-35H,1-3H3. The number of rotatable bonds is 2. The van der Waals surface area contributed by atoms with Crippen LogP contribution in [0.4, 0.5) is 28.4 Å². The van der Waals surface area contributed by atoms with Gasteiger partial charge in [0, 0.05) is 43.1 Å². The molecule has 0 unspecified atom stereocenters. The molecule has 0 radical (unpaired) electrons. The third kappa shape index (κ3) is 4.53. The lowest BCUT2D eigenvalue weighted by Gasteiger charge is -2.51. The van der Waals surface area contributed by atoms with Gasteiger partial charge in [-0.25, -0.2) is 0 Å². The molecule has 0 aliphatic carbocycles. The van der Waals surface area contributed by atoms with Crippen LogP contribution in [-0.2, 0) is 5.41 Å². The second-order valence-electron chi connectivity index (χ2n) is 18.7. The topological polar surface area (TPSA) is 6.48 Å². The molecule has 4 aliphatic rings. The van der Waals surface area contributed by atoms with Crippen molar-refractivity contribution in [3.05, 3.63) is 200 Å². The predicted octanol–water partition coefficient (Wildman–Crippen LogP) is 11.4. The first-order valence-corrected chi connectivity index (χ1v) is 25.0. The van der Waals surface area contributed by atoms with Crippen molar-refractivity contribution in [3.8, 4) is 33.4 Å². The van der Waals surface area contributed by atoms with Gasteiger partial charge in [-0.3, -0.25) is 0 Å². The molecule has 0 fully saturated rings. The van der Waals surface area contributed by atoms with E-state index < -0.39 is 8.07 Å². The van der Waals surface area contributed by atoms with Crippen LogP contribution < -0.4 is 40.7 Å². The Bertz CT molecular complexity index is 3560. The average molecular weight is 837 g/mol. The molecule has 63 heavy (non-hydrogen) atoms. The van der Waals surface area contributed by atoms with Crippen LogP contribution >= 0.6 is 11.3 Å². The van der Waals surface area contributed by atoms with Gasteiger partial charge in [0.15, 0.2) is 8.07 Å². The smallest absolute Gasteiger partial charge is 0.343 e. The van der Waals surface area contributed by atoms with Crippen molar-refractivity contribution >= 4 is 107 Å². The molecule has 5 heterocycles. The molecule has 10 aromatic rings. The Labute approximate surface area is 373 Å². The van der Waals surface area contributed by atoms with Crippen molar-refractivity contribution in [2.24, 2.45) is 0 Å². The first-order chi connectivity index (χ1) is 30.9. The van der Waals surface area contributed by atoms with E-state index in [4.69, 9.17) is 0 Å². The van der Waals surface area contributed by atoms with Crippen LogP contribution in [0.15, 0.2) is 194 Å². The summed E-state index contributed by atoms with van der Waals surface area (Å²) in [6, 6.07) is 74.5. The van der Waals surface area contributed by atoms with Crippen molar-refractivity contribution in [3.63, 3.8) is 0 Å². The second kappa shape index (κ2) is 12.6. The van der Waals surface area contributed by atoms with Gasteiger partial charge in [-0.2, -0.15) is 0 Å². The van der Waals surface area contributed by atoms with Gasteiger partial charge in [0.2, 0.25) is 0 Å². The second-order valence-corrected chi connectivity index (χ2v) is 23.5. The van der Waals surface area contributed by atoms with Crippen LogP contribution in [0.1, 0.15) is 26.3 Å². The molecule has 1 aromatic heterocycles. The van der Waals surface area contributed by atoms with E-state index in [9.17, 15) is 0 Å². The highest BCUT2D eigenvalue weighted by molar-refractivity contribution is 7.33. The zero-order valence-electron chi connectivity index (χ0n) is 35.4. The van der Waals surface area contributed by atoms with Crippen molar-refractivity contribution < 1.29 is 0 Å². The summed E-state index contributed by atoms with van der Waals surface area (Å²) in [7, 11) is -2.79. The highest BCUT2D eigenvalue weighted by Crippen LogP contribution is 2.54. The minimum Gasteiger partial charge on any atom is -0.376 e. The number of hydrogen-bond acceptors (Lipinski definition) is 3. The fourth-order valence-corrected chi connectivity index (χ4v) is 18.9. The van der Waals surface area contributed by atoms with Crippen LogP contribution in [0.5, 0.6) is 0 Å². The number of nitrogens with zero attached hydrogens (tertiary/aromatic N) is 2. The predicted molar refractivity (Wildman–Crippen MR) is 273 cm³/mol. The molecule has 9 aromatic carbocycles. The first kappa shape index (κ1) is 35.7. The van der Waals surface area contributed by atoms with Crippen molar-refractivity contribution in [1.82, 2.24) is 0 Å². The fraction of sp³-hybridized carbons (Fsp3) is 0.0690. The Morgan fingerprint density at radius 1 is 0.476 bits per heavy atom. The Kier molecular flexibility index (Phi) is 7.13. The van der Waals surface area contributed by atoms with Gasteiger partial charge in [-0.1, -0.05) is 185 Å². The third-order valence-electron chi connectivity index (χ3n) is 14.6. The van der Waals surface area contributed by atoms with Crippen molar-refractivity contribution in [1.29, 1.82) is 0 Å². The fourth-order valence-electron chi connectivity index (χ4n) is 12.0. The summed E-state index contributed by atoms with van der Waals surface area (Å²) in [6.45, 7) is 6.92. The summed E-state index contributed by atoms with van der Waals surface area (Å²) in [5.41, 5.74) is 17.1. The number of benzene rings is 9. The van der Waals surface area contributed by atoms with E-state index in [2.05, 4.69) is 225 Å². The van der Waals surface area contributed by atoms with E-state index >= 15 is 0 Å². The number of thiophene rings is 1. The van der Waals surface area contributed by atoms with Crippen LogP contribution in [0.25, 0.3) is 54.2 Å². The molecule has 0 saturated carbocycles. The largest absolute Gasteiger partial charge is 0.376 e. The molecule has 1 spiro atoms. The molecular formula is C58H41BN2SSi. The van der Waals surface area contributed by atoms with Crippen LogP contribution in [0, 0.1) is 0 Å². The lowest BCUT2D eigenvalue weighted by molar-refractivity contribution is 0.590. The SMILES string of the molecule is CC(C)(C)c1ccc(N2c3cc4ccccc4c4c3B(c3sc5ccccc5c32)N2c3ccccc3[Si]3(c5ccccc5-c5ccccc53)c3cccc-4c32)c(-c2ccccc2)c1. The molecule has 0 amide bonds. The highest BCUT2D eigenvalue weighted by Gasteiger charge is 2.58. The maximum atomic E-state index is 2.80. The first-order valence-electron chi connectivity index (χ1n) is 22.2.